The van der Waals surface area contributed by atoms with E-state index in [9.17, 15) is 13.2 Å². The average molecular weight is 270 g/mol. The van der Waals surface area contributed by atoms with Crippen LogP contribution >= 0.6 is 0 Å². The molecule has 1 aromatic carbocycles. The van der Waals surface area contributed by atoms with E-state index in [1.54, 1.807) is 0 Å². The first kappa shape index (κ1) is 14.2. The third-order valence-corrected chi connectivity index (χ3v) is 4.49. The zero-order chi connectivity index (χ0) is 13.8. The van der Waals surface area contributed by atoms with E-state index < -0.39 is 21.1 Å². The van der Waals surface area contributed by atoms with Crippen LogP contribution in [0, 0.1) is 0 Å². The van der Waals surface area contributed by atoms with Crippen molar-refractivity contribution in [1.82, 2.24) is 0 Å². The van der Waals surface area contributed by atoms with Gasteiger partial charge in [-0.25, -0.2) is 8.42 Å². The van der Waals surface area contributed by atoms with E-state index in [-0.39, 0.29) is 11.3 Å². The molecule has 0 radical (unpaired) electrons. The summed E-state index contributed by atoms with van der Waals surface area (Å²) in [6, 6.07) is 5.60. The zero-order valence-corrected chi connectivity index (χ0v) is 10.7. The molecule has 1 rings (SSSR count). The van der Waals surface area contributed by atoms with Crippen molar-refractivity contribution in [2.24, 2.45) is 0 Å². The Hall–Kier alpha value is -1.82. The minimum Gasteiger partial charge on any atom is -0.497 e. The standard InChI is InChI=1S/C12H14O5S/c1-3-4-11(12(13)14)18(15,16)10-7-5-9(17-2)6-8-10/h3,5-8,11H,1,4H2,2H3,(H,13,14). The molecule has 0 spiro atoms. The Bertz CT molecular complexity index is 530. The summed E-state index contributed by atoms with van der Waals surface area (Å²) in [6.07, 6.45) is 1.14. The summed E-state index contributed by atoms with van der Waals surface area (Å²) in [5.41, 5.74) is 0. The number of carboxylic acid groups (broad SMARTS) is 1. The van der Waals surface area contributed by atoms with Crippen LogP contribution in [0.4, 0.5) is 0 Å². The molecule has 0 saturated carbocycles. The lowest BCUT2D eigenvalue weighted by atomic mass is 10.3. The molecule has 1 unspecified atom stereocenters. The molecule has 0 heterocycles. The molecule has 5 nitrogen and oxygen atoms in total. The third-order valence-electron chi connectivity index (χ3n) is 2.42. The number of sulfone groups is 1. The van der Waals surface area contributed by atoms with Gasteiger partial charge in [-0.1, -0.05) is 6.08 Å². The topological polar surface area (TPSA) is 80.7 Å². The summed E-state index contributed by atoms with van der Waals surface area (Å²) in [6.45, 7) is 3.37. The number of hydrogen-bond donors (Lipinski definition) is 1. The summed E-state index contributed by atoms with van der Waals surface area (Å²) < 4.78 is 29.1. The van der Waals surface area contributed by atoms with E-state index >= 15 is 0 Å². The first-order valence-electron chi connectivity index (χ1n) is 5.15. The quantitative estimate of drug-likeness (QED) is 0.792. The fourth-order valence-corrected chi connectivity index (χ4v) is 2.94. The number of ether oxygens (including phenoxy) is 1. The van der Waals surface area contributed by atoms with E-state index in [0.29, 0.717) is 5.75 Å². The predicted molar refractivity (Wildman–Crippen MR) is 66.4 cm³/mol. The summed E-state index contributed by atoms with van der Waals surface area (Å²) in [4.78, 5) is 10.9. The lowest BCUT2D eigenvalue weighted by Gasteiger charge is -2.12. The molecular formula is C12H14O5S. The first-order chi connectivity index (χ1) is 8.43. The highest BCUT2D eigenvalue weighted by Crippen LogP contribution is 2.21. The zero-order valence-electron chi connectivity index (χ0n) is 9.87. The van der Waals surface area contributed by atoms with Gasteiger partial charge in [-0.15, -0.1) is 6.58 Å². The largest absolute Gasteiger partial charge is 0.497 e. The van der Waals surface area contributed by atoms with Crippen molar-refractivity contribution in [3.05, 3.63) is 36.9 Å². The second-order valence-electron chi connectivity index (χ2n) is 3.57. The molecule has 1 aromatic rings. The molecule has 0 saturated heterocycles. The van der Waals surface area contributed by atoms with Crippen LogP contribution in [0.25, 0.3) is 0 Å². The number of carbonyl (C=O) groups is 1. The molecule has 18 heavy (non-hydrogen) atoms. The third kappa shape index (κ3) is 2.89. The smallest absolute Gasteiger partial charge is 0.322 e. The highest BCUT2D eigenvalue weighted by atomic mass is 32.2. The average Bonchev–Trinajstić information content (AvgIpc) is 2.35. The Kier molecular flexibility index (Phi) is 4.49. The molecule has 0 aromatic heterocycles. The molecule has 1 N–H and O–H groups in total. The van der Waals surface area contributed by atoms with Gasteiger partial charge in [0, 0.05) is 0 Å². The fraction of sp³-hybridized carbons (Fsp3) is 0.250. The van der Waals surface area contributed by atoms with E-state index in [2.05, 4.69) is 6.58 Å². The van der Waals surface area contributed by atoms with Crippen molar-refractivity contribution in [2.45, 2.75) is 16.6 Å². The highest BCUT2D eigenvalue weighted by Gasteiger charge is 2.32. The maximum Gasteiger partial charge on any atom is 0.322 e. The second kappa shape index (κ2) is 5.68. The van der Waals surface area contributed by atoms with Crippen LogP contribution in [0.2, 0.25) is 0 Å². The number of carboxylic acids is 1. The number of aliphatic carboxylic acids is 1. The SMILES string of the molecule is C=CCC(C(=O)O)S(=O)(=O)c1ccc(OC)cc1. The Morgan fingerprint density at radius 2 is 2.00 bits per heavy atom. The van der Waals surface area contributed by atoms with Crippen LogP contribution in [-0.2, 0) is 14.6 Å². The Labute approximate surface area is 106 Å². The molecule has 0 aliphatic rings. The van der Waals surface area contributed by atoms with E-state index in [1.807, 2.05) is 0 Å². The number of rotatable bonds is 6. The maximum atomic E-state index is 12.1. The van der Waals surface area contributed by atoms with Crippen LogP contribution in [0.5, 0.6) is 5.75 Å². The molecule has 0 bridgehead atoms. The van der Waals surface area contributed by atoms with Gasteiger partial charge < -0.3 is 9.84 Å². The first-order valence-corrected chi connectivity index (χ1v) is 6.69. The molecule has 0 fully saturated rings. The fourth-order valence-electron chi connectivity index (χ4n) is 1.44. The van der Waals surface area contributed by atoms with Gasteiger partial charge in [0.05, 0.1) is 12.0 Å². The van der Waals surface area contributed by atoms with Gasteiger partial charge in [0.1, 0.15) is 5.75 Å². The molecule has 0 aliphatic carbocycles. The summed E-state index contributed by atoms with van der Waals surface area (Å²) in [5, 5.41) is 7.44. The van der Waals surface area contributed by atoms with Crippen LogP contribution in [-0.4, -0.2) is 31.9 Å². The normalized spacial score (nSPS) is 12.7. The van der Waals surface area contributed by atoms with Gasteiger partial charge in [0.25, 0.3) is 0 Å². The van der Waals surface area contributed by atoms with Gasteiger partial charge in [-0.05, 0) is 30.7 Å². The monoisotopic (exact) mass is 270 g/mol. The van der Waals surface area contributed by atoms with Crippen LogP contribution < -0.4 is 4.74 Å². The van der Waals surface area contributed by atoms with Crippen LogP contribution in [0.3, 0.4) is 0 Å². The number of benzene rings is 1. The molecule has 0 aliphatic heterocycles. The van der Waals surface area contributed by atoms with Crippen molar-refractivity contribution in [1.29, 1.82) is 0 Å². The predicted octanol–water partition coefficient (Wildman–Crippen LogP) is 1.50. The van der Waals surface area contributed by atoms with Crippen LogP contribution in [0.15, 0.2) is 41.8 Å². The van der Waals surface area contributed by atoms with Gasteiger partial charge in [-0.3, -0.25) is 4.79 Å². The lowest BCUT2D eigenvalue weighted by molar-refractivity contribution is -0.136. The van der Waals surface area contributed by atoms with Gasteiger partial charge in [0.15, 0.2) is 15.1 Å². The number of methoxy groups -OCH3 is 1. The summed E-state index contributed by atoms with van der Waals surface area (Å²) in [7, 11) is -2.45. The Morgan fingerprint density at radius 3 is 2.39 bits per heavy atom. The van der Waals surface area contributed by atoms with Gasteiger partial charge in [0.2, 0.25) is 0 Å². The van der Waals surface area contributed by atoms with E-state index in [1.165, 1.54) is 37.5 Å². The maximum absolute atomic E-state index is 12.1. The Balaban J connectivity index is 3.17. The van der Waals surface area contributed by atoms with Gasteiger partial charge in [-0.2, -0.15) is 0 Å². The van der Waals surface area contributed by atoms with Crippen molar-refractivity contribution in [3.8, 4) is 5.75 Å². The minimum atomic E-state index is -3.91. The highest BCUT2D eigenvalue weighted by molar-refractivity contribution is 7.92. The van der Waals surface area contributed by atoms with Crippen LogP contribution in [0.1, 0.15) is 6.42 Å². The number of allylic oxidation sites excluding steroid dienone is 1. The lowest BCUT2D eigenvalue weighted by Crippen LogP contribution is -2.29. The van der Waals surface area contributed by atoms with E-state index in [0.717, 1.165) is 0 Å². The molecular weight excluding hydrogens is 256 g/mol. The number of hydrogen-bond acceptors (Lipinski definition) is 4. The summed E-state index contributed by atoms with van der Waals surface area (Å²) >= 11 is 0. The second-order valence-corrected chi connectivity index (χ2v) is 5.70. The molecule has 98 valence electrons. The van der Waals surface area contributed by atoms with Crippen molar-refractivity contribution >= 4 is 15.8 Å². The van der Waals surface area contributed by atoms with Gasteiger partial charge >= 0.3 is 5.97 Å². The summed E-state index contributed by atoms with van der Waals surface area (Å²) in [5.74, 6) is -0.879. The molecule has 1 atom stereocenters. The van der Waals surface area contributed by atoms with Crippen molar-refractivity contribution in [3.63, 3.8) is 0 Å². The molecule has 6 heteroatoms. The molecule has 0 amide bonds. The van der Waals surface area contributed by atoms with E-state index in [4.69, 9.17) is 9.84 Å². The van der Waals surface area contributed by atoms with Crippen molar-refractivity contribution < 1.29 is 23.1 Å². The minimum absolute atomic E-state index is 0.0439. The van der Waals surface area contributed by atoms with Crippen molar-refractivity contribution in [2.75, 3.05) is 7.11 Å². The Morgan fingerprint density at radius 1 is 1.44 bits per heavy atom.